The number of hydrogen-bond donors (Lipinski definition) is 3. The molecule has 1 unspecified atom stereocenters. The van der Waals surface area contributed by atoms with E-state index in [-0.39, 0.29) is 18.9 Å². The Morgan fingerprint density at radius 3 is 2.53 bits per heavy atom. The molecule has 1 saturated heterocycles. The fraction of sp³-hybridized carbons (Fsp3) is 0.818. The summed E-state index contributed by atoms with van der Waals surface area (Å²) in [6.07, 6.45) is 1.49. The van der Waals surface area contributed by atoms with Gasteiger partial charge in [-0.25, -0.2) is 4.79 Å². The van der Waals surface area contributed by atoms with Crippen LogP contribution >= 0.6 is 0 Å². The summed E-state index contributed by atoms with van der Waals surface area (Å²) < 4.78 is 0. The van der Waals surface area contributed by atoms with E-state index in [2.05, 4.69) is 10.2 Å². The highest BCUT2D eigenvalue weighted by molar-refractivity contribution is 5.76. The van der Waals surface area contributed by atoms with Gasteiger partial charge in [-0.15, -0.1) is 0 Å². The maximum atomic E-state index is 11.4. The number of hydrogen-bond acceptors (Lipinski definition) is 4. The Labute approximate surface area is 101 Å². The molecule has 0 bridgehead atoms. The van der Waals surface area contributed by atoms with Crippen molar-refractivity contribution >= 4 is 11.9 Å². The lowest BCUT2D eigenvalue weighted by atomic mass is 10.2. The van der Waals surface area contributed by atoms with Crippen molar-refractivity contribution in [3.8, 4) is 0 Å². The van der Waals surface area contributed by atoms with Crippen LogP contribution in [0, 0.1) is 0 Å². The van der Waals surface area contributed by atoms with Gasteiger partial charge in [0.05, 0.1) is 0 Å². The standard InChI is InChI=1S/C11H20N2O4/c14-9(11(16)17)3-5-12-10(15)4-8-13-6-1-2-7-13/h9,14H,1-8H2,(H,12,15)(H,16,17). The minimum atomic E-state index is -1.39. The van der Waals surface area contributed by atoms with Crippen LogP contribution in [-0.4, -0.2) is 59.3 Å². The lowest BCUT2D eigenvalue weighted by Crippen LogP contribution is -2.32. The van der Waals surface area contributed by atoms with Crippen LogP contribution in [0.4, 0.5) is 0 Å². The first-order chi connectivity index (χ1) is 8.09. The smallest absolute Gasteiger partial charge is 0.332 e. The van der Waals surface area contributed by atoms with Crippen molar-refractivity contribution in [1.29, 1.82) is 0 Å². The van der Waals surface area contributed by atoms with E-state index < -0.39 is 12.1 Å². The molecule has 1 heterocycles. The molecule has 6 nitrogen and oxygen atoms in total. The van der Waals surface area contributed by atoms with Crippen LogP contribution in [-0.2, 0) is 9.59 Å². The molecule has 0 spiro atoms. The number of amides is 1. The summed E-state index contributed by atoms with van der Waals surface area (Å²) in [6, 6.07) is 0. The van der Waals surface area contributed by atoms with Gasteiger partial charge >= 0.3 is 5.97 Å². The molecule has 98 valence electrons. The van der Waals surface area contributed by atoms with E-state index in [4.69, 9.17) is 10.2 Å². The predicted octanol–water partition coefficient (Wildman–Crippen LogP) is -0.576. The Hall–Kier alpha value is -1.14. The third-order valence-electron chi connectivity index (χ3n) is 2.88. The van der Waals surface area contributed by atoms with Gasteiger partial charge in [-0.3, -0.25) is 4.79 Å². The maximum Gasteiger partial charge on any atom is 0.332 e. The van der Waals surface area contributed by atoms with Gasteiger partial charge in [0.25, 0.3) is 0 Å². The molecule has 1 amide bonds. The molecule has 0 aromatic heterocycles. The number of rotatable bonds is 7. The first-order valence-electron chi connectivity index (χ1n) is 5.99. The molecule has 1 fully saturated rings. The Bertz CT molecular complexity index is 264. The second-order valence-electron chi connectivity index (χ2n) is 4.29. The summed E-state index contributed by atoms with van der Waals surface area (Å²) >= 11 is 0. The Morgan fingerprint density at radius 2 is 1.94 bits per heavy atom. The van der Waals surface area contributed by atoms with Gasteiger partial charge in [0, 0.05) is 25.9 Å². The Morgan fingerprint density at radius 1 is 1.29 bits per heavy atom. The zero-order valence-corrected chi connectivity index (χ0v) is 9.89. The molecule has 1 atom stereocenters. The average molecular weight is 244 g/mol. The van der Waals surface area contributed by atoms with Crippen molar-refractivity contribution in [3.05, 3.63) is 0 Å². The topological polar surface area (TPSA) is 89.9 Å². The van der Waals surface area contributed by atoms with Gasteiger partial charge in [-0.1, -0.05) is 0 Å². The number of aliphatic hydroxyl groups is 1. The van der Waals surface area contributed by atoms with Gasteiger partial charge in [0.1, 0.15) is 0 Å². The second-order valence-corrected chi connectivity index (χ2v) is 4.29. The minimum Gasteiger partial charge on any atom is -0.479 e. The molecule has 6 heteroatoms. The highest BCUT2D eigenvalue weighted by Crippen LogP contribution is 2.07. The van der Waals surface area contributed by atoms with Crippen LogP contribution in [0.2, 0.25) is 0 Å². The quantitative estimate of drug-likeness (QED) is 0.557. The van der Waals surface area contributed by atoms with Crippen LogP contribution in [0.25, 0.3) is 0 Å². The molecule has 17 heavy (non-hydrogen) atoms. The van der Waals surface area contributed by atoms with E-state index in [9.17, 15) is 9.59 Å². The normalized spacial score (nSPS) is 17.9. The number of carboxylic acid groups (broad SMARTS) is 1. The molecule has 1 rings (SSSR count). The molecular weight excluding hydrogens is 224 g/mol. The van der Waals surface area contributed by atoms with E-state index in [1.165, 1.54) is 12.8 Å². The SMILES string of the molecule is O=C(CCN1CCCC1)NCCC(O)C(=O)O. The van der Waals surface area contributed by atoms with E-state index in [1.54, 1.807) is 0 Å². The highest BCUT2D eigenvalue weighted by Gasteiger charge is 2.14. The number of aliphatic carboxylic acids is 1. The van der Waals surface area contributed by atoms with Crippen molar-refractivity contribution < 1.29 is 19.8 Å². The summed E-state index contributed by atoms with van der Waals surface area (Å²) in [5.74, 6) is -1.34. The molecule has 0 radical (unpaired) electrons. The number of carbonyl (C=O) groups excluding carboxylic acids is 1. The number of carbonyl (C=O) groups is 2. The van der Waals surface area contributed by atoms with Crippen molar-refractivity contribution in [2.24, 2.45) is 0 Å². The molecule has 0 saturated carbocycles. The van der Waals surface area contributed by atoms with E-state index in [1.807, 2.05) is 0 Å². The molecule has 1 aliphatic heterocycles. The average Bonchev–Trinajstić information content (AvgIpc) is 2.78. The number of carboxylic acids is 1. The lowest BCUT2D eigenvalue weighted by Gasteiger charge is -2.14. The first kappa shape index (κ1) is 13.9. The summed E-state index contributed by atoms with van der Waals surface area (Å²) in [6.45, 7) is 3.08. The van der Waals surface area contributed by atoms with E-state index >= 15 is 0 Å². The van der Waals surface area contributed by atoms with Gasteiger partial charge in [-0.05, 0) is 25.9 Å². The Balaban J connectivity index is 2.02. The second kappa shape index (κ2) is 7.24. The Kier molecular flexibility index (Phi) is 5.93. The molecule has 0 aromatic carbocycles. The zero-order valence-electron chi connectivity index (χ0n) is 9.89. The third-order valence-corrected chi connectivity index (χ3v) is 2.88. The number of nitrogens with zero attached hydrogens (tertiary/aromatic N) is 1. The summed E-state index contributed by atoms with van der Waals surface area (Å²) in [7, 11) is 0. The third kappa shape index (κ3) is 5.65. The largest absolute Gasteiger partial charge is 0.479 e. The zero-order chi connectivity index (χ0) is 12.7. The van der Waals surface area contributed by atoms with Crippen LogP contribution in [0.5, 0.6) is 0 Å². The fourth-order valence-corrected chi connectivity index (χ4v) is 1.83. The van der Waals surface area contributed by atoms with Crippen LogP contribution in [0.15, 0.2) is 0 Å². The minimum absolute atomic E-state index is 0.0464. The molecular formula is C11H20N2O4. The van der Waals surface area contributed by atoms with Crippen molar-refractivity contribution in [2.75, 3.05) is 26.2 Å². The van der Waals surface area contributed by atoms with Crippen LogP contribution < -0.4 is 5.32 Å². The lowest BCUT2D eigenvalue weighted by molar-refractivity contribution is -0.147. The first-order valence-corrected chi connectivity index (χ1v) is 5.99. The fourth-order valence-electron chi connectivity index (χ4n) is 1.83. The number of likely N-dealkylation sites (tertiary alicyclic amines) is 1. The molecule has 1 aliphatic rings. The summed E-state index contributed by atoms with van der Waals surface area (Å²) in [5.41, 5.74) is 0. The van der Waals surface area contributed by atoms with E-state index in [0.717, 1.165) is 19.6 Å². The van der Waals surface area contributed by atoms with Crippen LogP contribution in [0.3, 0.4) is 0 Å². The maximum absolute atomic E-state index is 11.4. The molecule has 3 N–H and O–H groups in total. The predicted molar refractivity (Wildman–Crippen MR) is 61.6 cm³/mol. The summed E-state index contributed by atoms with van der Waals surface area (Å²) in [4.78, 5) is 23.9. The number of nitrogens with one attached hydrogen (secondary N) is 1. The van der Waals surface area contributed by atoms with Gasteiger partial charge in [-0.2, -0.15) is 0 Å². The van der Waals surface area contributed by atoms with Crippen LogP contribution in [0.1, 0.15) is 25.7 Å². The van der Waals surface area contributed by atoms with Gasteiger partial charge < -0.3 is 20.4 Å². The van der Waals surface area contributed by atoms with E-state index in [0.29, 0.717) is 6.42 Å². The monoisotopic (exact) mass is 244 g/mol. The van der Waals surface area contributed by atoms with Crippen molar-refractivity contribution in [1.82, 2.24) is 10.2 Å². The summed E-state index contributed by atoms with van der Waals surface area (Å²) in [5, 5.41) is 20.0. The van der Waals surface area contributed by atoms with Gasteiger partial charge in [0.15, 0.2) is 6.10 Å². The number of aliphatic hydroxyl groups excluding tert-OH is 1. The van der Waals surface area contributed by atoms with Crippen molar-refractivity contribution in [2.45, 2.75) is 31.8 Å². The van der Waals surface area contributed by atoms with Gasteiger partial charge in [0.2, 0.25) is 5.91 Å². The van der Waals surface area contributed by atoms with Crippen molar-refractivity contribution in [3.63, 3.8) is 0 Å². The highest BCUT2D eigenvalue weighted by atomic mass is 16.4. The molecule has 0 aromatic rings. The molecule has 0 aliphatic carbocycles.